The van der Waals surface area contributed by atoms with E-state index in [4.69, 9.17) is 14.5 Å². The van der Waals surface area contributed by atoms with E-state index in [0.717, 1.165) is 0 Å². The summed E-state index contributed by atoms with van der Waals surface area (Å²) in [6, 6.07) is 5.61. The molecule has 0 bridgehead atoms. The molecule has 0 saturated heterocycles. The molecule has 0 heterocycles. The van der Waals surface area contributed by atoms with Crippen molar-refractivity contribution in [2.45, 2.75) is 6.42 Å². The lowest BCUT2D eigenvalue weighted by molar-refractivity contribution is 0.307. The summed E-state index contributed by atoms with van der Waals surface area (Å²) < 4.78 is 28.2. The molecule has 15 heavy (non-hydrogen) atoms. The molecule has 1 aromatic carbocycles. The van der Waals surface area contributed by atoms with Gasteiger partial charge in [0.15, 0.2) is 0 Å². The van der Waals surface area contributed by atoms with Crippen LogP contribution < -0.4 is 4.74 Å². The van der Waals surface area contributed by atoms with Crippen LogP contribution in [0.4, 0.5) is 4.39 Å². The minimum atomic E-state index is -3.95. The lowest BCUT2D eigenvalue weighted by Gasteiger charge is -2.06. The number of halogens is 1. The van der Waals surface area contributed by atoms with Gasteiger partial charge in [-0.15, -0.1) is 0 Å². The van der Waals surface area contributed by atoms with Gasteiger partial charge in [-0.2, -0.15) is 0 Å². The van der Waals surface area contributed by atoms with Gasteiger partial charge in [-0.25, -0.2) is 4.39 Å². The van der Waals surface area contributed by atoms with Crippen molar-refractivity contribution >= 4 is 7.60 Å². The predicted molar refractivity (Wildman–Crippen MR) is 53.4 cm³/mol. The van der Waals surface area contributed by atoms with E-state index in [1.165, 1.54) is 18.2 Å². The molecule has 0 spiro atoms. The minimum Gasteiger partial charge on any atom is -0.493 e. The topological polar surface area (TPSA) is 66.8 Å². The smallest absolute Gasteiger partial charge is 0.325 e. The molecular formula is C9H12FO4P. The zero-order chi connectivity index (χ0) is 11.3. The summed E-state index contributed by atoms with van der Waals surface area (Å²) in [4.78, 5) is 17.1. The Kier molecular flexibility index (Phi) is 4.27. The van der Waals surface area contributed by atoms with E-state index < -0.39 is 13.4 Å². The third-order valence-electron chi connectivity index (χ3n) is 1.66. The molecule has 2 N–H and O–H groups in total. The second-order valence-corrected chi connectivity index (χ2v) is 4.82. The molecule has 0 unspecified atom stereocenters. The van der Waals surface area contributed by atoms with Crippen LogP contribution in [0.5, 0.6) is 5.75 Å². The van der Waals surface area contributed by atoms with Gasteiger partial charge in [0.1, 0.15) is 11.6 Å². The van der Waals surface area contributed by atoms with Crippen LogP contribution in [0, 0.1) is 5.82 Å². The number of benzene rings is 1. The van der Waals surface area contributed by atoms with Crippen molar-refractivity contribution < 1.29 is 23.5 Å². The summed E-state index contributed by atoms with van der Waals surface area (Å²) in [6.45, 7) is 0.161. The Balaban J connectivity index is 2.29. The number of hydrogen-bond donors (Lipinski definition) is 2. The Morgan fingerprint density at radius 2 is 2.13 bits per heavy atom. The maximum absolute atomic E-state index is 12.7. The fraction of sp³-hybridized carbons (Fsp3) is 0.333. The normalized spacial score (nSPS) is 11.4. The molecule has 84 valence electrons. The molecule has 0 atom stereocenters. The molecule has 0 aliphatic carbocycles. The van der Waals surface area contributed by atoms with E-state index in [1.807, 2.05) is 0 Å². The molecule has 6 heteroatoms. The van der Waals surface area contributed by atoms with Gasteiger partial charge in [-0.3, -0.25) is 4.57 Å². The molecule has 0 fully saturated rings. The molecule has 4 nitrogen and oxygen atoms in total. The summed E-state index contributed by atoms with van der Waals surface area (Å²) in [5.41, 5.74) is 0. The molecule has 1 aromatic rings. The SMILES string of the molecule is O=P(O)(O)CCCOc1cccc(F)c1. The average molecular weight is 234 g/mol. The fourth-order valence-corrected chi connectivity index (χ4v) is 1.56. The van der Waals surface area contributed by atoms with Crippen molar-refractivity contribution in [3.05, 3.63) is 30.1 Å². The van der Waals surface area contributed by atoms with E-state index in [-0.39, 0.29) is 19.2 Å². The van der Waals surface area contributed by atoms with Gasteiger partial charge in [0.05, 0.1) is 12.8 Å². The zero-order valence-electron chi connectivity index (χ0n) is 7.97. The quantitative estimate of drug-likeness (QED) is 0.601. The molecule has 0 aliphatic rings. The van der Waals surface area contributed by atoms with E-state index in [9.17, 15) is 8.96 Å². The van der Waals surface area contributed by atoms with Crippen LogP contribution in [-0.4, -0.2) is 22.6 Å². The van der Waals surface area contributed by atoms with Crippen LogP contribution in [0.15, 0.2) is 24.3 Å². The van der Waals surface area contributed by atoms with Crippen molar-refractivity contribution in [2.75, 3.05) is 12.8 Å². The average Bonchev–Trinajstić information content (AvgIpc) is 2.11. The first-order valence-corrected chi connectivity index (χ1v) is 6.20. The van der Waals surface area contributed by atoms with Crippen molar-refractivity contribution in [2.24, 2.45) is 0 Å². The molecule has 0 aliphatic heterocycles. The lowest BCUT2D eigenvalue weighted by Crippen LogP contribution is -2.00. The highest BCUT2D eigenvalue weighted by Gasteiger charge is 2.11. The van der Waals surface area contributed by atoms with Gasteiger partial charge >= 0.3 is 7.60 Å². The van der Waals surface area contributed by atoms with E-state index in [1.54, 1.807) is 6.07 Å². The molecule has 0 amide bonds. The van der Waals surface area contributed by atoms with E-state index in [0.29, 0.717) is 5.75 Å². The summed E-state index contributed by atoms with van der Waals surface area (Å²) in [6.07, 6.45) is 0.0170. The van der Waals surface area contributed by atoms with Gasteiger partial charge in [-0.05, 0) is 18.6 Å². The predicted octanol–water partition coefficient (Wildman–Crippen LogP) is 1.77. The monoisotopic (exact) mass is 234 g/mol. The van der Waals surface area contributed by atoms with Gasteiger partial charge in [0.2, 0.25) is 0 Å². The van der Waals surface area contributed by atoms with Crippen LogP contribution >= 0.6 is 7.60 Å². The van der Waals surface area contributed by atoms with Crippen LogP contribution in [0.1, 0.15) is 6.42 Å². The van der Waals surface area contributed by atoms with Crippen LogP contribution in [0.25, 0.3) is 0 Å². The van der Waals surface area contributed by atoms with Crippen LogP contribution in [-0.2, 0) is 4.57 Å². The molecule has 0 aromatic heterocycles. The van der Waals surface area contributed by atoms with Crippen molar-refractivity contribution in [3.63, 3.8) is 0 Å². The van der Waals surface area contributed by atoms with Crippen LogP contribution in [0.3, 0.4) is 0 Å². The third-order valence-corrected chi connectivity index (χ3v) is 2.56. The summed E-state index contributed by atoms with van der Waals surface area (Å²) in [5, 5.41) is 0. The first-order valence-electron chi connectivity index (χ1n) is 4.40. The first kappa shape index (κ1) is 12.2. The number of hydrogen-bond acceptors (Lipinski definition) is 2. The van der Waals surface area contributed by atoms with Gasteiger partial charge in [0.25, 0.3) is 0 Å². The highest BCUT2D eigenvalue weighted by atomic mass is 31.2. The standard InChI is InChI=1S/C9H12FO4P/c10-8-3-1-4-9(7-8)14-5-2-6-15(11,12)13/h1,3-4,7H,2,5-6H2,(H2,11,12,13). The summed E-state index contributed by atoms with van der Waals surface area (Å²) >= 11 is 0. The minimum absolute atomic E-state index is 0.161. The summed E-state index contributed by atoms with van der Waals surface area (Å²) in [5.74, 6) is -0.0387. The number of rotatable bonds is 5. The van der Waals surface area contributed by atoms with Gasteiger partial charge in [-0.1, -0.05) is 6.07 Å². The van der Waals surface area contributed by atoms with Crippen molar-refractivity contribution in [3.8, 4) is 5.75 Å². The third kappa shape index (κ3) is 5.52. The maximum Gasteiger partial charge on any atom is 0.325 e. The second kappa shape index (κ2) is 5.26. The van der Waals surface area contributed by atoms with Crippen LogP contribution in [0.2, 0.25) is 0 Å². The Hall–Kier alpha value is -0.900. The summed E-state index contributed by atoms with van der Waals surface area (Å²) in [7, 11) is -3.95. The molecule has 0 saturated carbocycles. The maximum atomic E-state index is 12.7. The zero-order valence-corrected chi connectivity index (χ0v) is 8.86. The Labute approximate surface area is 86.9 Å². The fourth-order valence-electron chi connectivity index (χ4n) is 1.02. The van der Waals surface area contributed by atoms with Gasteiger partial charge in [0, 0.05) is 6.07 Å². The molecule has 0 radical (unpaired) electrons. The second-order valence-electron chi connectivity index (χ2n) is 3.05. The van der Waals surface area contributed by atoms with E-state index >= 15 is 0 Å². The van der Waals surface area contributed by atoms with Gasteiger partial charge < -0.3 is 14.5 Å². The highest BCUT2D eigenvalue weighted by Crippen LogP contribution is 2.34. The molecule has 1 rings (SSSR count). The largest absolute Gasteiger partial charge is 0.493 e. The molecular weight excluding hydrogens is 222 g/mol. The Bertz CT molecular complexity index is 363. The Morgan fingerprint density at radius 3 is 2.73 bits per heavy atom. The van der Waals surface area contributed by atoms with Crippen molar-refractivity contribution in [1.29, 1.82) is 0 Å². The number of ether oxygens (including phenoxy) is 1. The Morgan fingerprint density at radius 1 is 1.40 bits per heavy atom. The lowest BCUT2D eigenvalue weighted by atomic mass is 10.3. The van der Waals surface area contributed by atoms with E-state index in [2.05, 4.69) is 0 Å². The first-order chi connectivity index (χ1) is 6.97. The van der Waals surface area contributed by atoms with Crippen molar-refractivity contribution in [1.82, 2.24) is 0 Å². The highest BCUT2D eigenvalue weighted by molar-refractivity contribution is 7.51.